The Labute approximate surface area is 115 Å². The molecular formula is C13H16BrN3O. The number of nitrogens with zero attached hydrogens (tertiary/aromatic N) is 3. The smallest absolute Gasteiger partial charge is 0.141 e. The van der Waals surface area contributed by atoms with Crippen LogP contribution in [-0.2, 0) is 18.8 Å². The molecule has 0 saturated heterocycles. The van der Waals surface area contributed by atoms with Gasteiger partial charge in [0.15, 0.2) is 0 Å². The summed E-state index contributed by atoms with van der Waals surface area (Å²) in [5, 5.41) is 4.83. The second kappa shape index (κ2) is 6.00. The van der Waals surface area contributed by atoms with E-state index in [0.29, 0.717) is 11.9 Å². The fourth-order valence-electron chi connectivity index (χ4n) is 1.70. The summed E-state index contributed by atoms with van der Waals surface area (Å²) in [5.41, 5.74) is 3.13. The molecule has 0 aliphatic rings. The molecule has 18 heavy (non-hydrogen) atoms. The van der Waals surface area contributed by atoms with Crippen LogP contribution in [0.2, 0.25) is 0 Å². The molecule has 0 saturated carbocycles. The lowest BCUT2D eigenvalue weighted by Crippen LogP contribution is -2.04. The SMILES string of the molecule is Cc1ccc(OCCc2cnn(C)c2)c(CBr)n1. The predicted molar refractivity (Wildman–Crippen MR) is 74.0 cm³/mol. The molecule has 0 spiro atoms. The summed E-state index contributed by atoms with van der Waals surface area (Å²) in [5.74, 6) is 0.848. The molecular weight excluding hydrogens is 294 g/mol. The number of hydrogen-bond donors (Lipinski definition) is 0. The number of alkyl halides is 1. The fourth-order valence-corrected chi connectivity index (χ4v) is 2.11. The maximum absolute atomic E-state index is 5.77. The summed E-state index contributed by atoms with van der Waals surface area (Å²) >= 11 is 3.43. The molecule has 5 heteroatoms. The molecule has 0 radical (unpaired) electrons. The molecule has 4 nitrogen and oxygen atoms in total. The first-order valence-electron chi connectivity index (χ1n) is 5.82. The molecule has 0 N–H and O–H groups in total. The van der Waals surface area contributed by atoms with Crippen LogP contribution in [0.3, 0.4) is 0 Å². The van der Waals surface area contributed by atoms with Gasteiger partial charge in [0.05, 0.1) is 18.5 Å². The Kier molecular flexibility index (Phi) is 4.36. The average molecular weight is 310 g/mol. The van der Waals surface area contributed by atoms with Crippen molar-refractivity contribution >= 4 is 15.9 Å². The molecule has 2 rings (SSSR count). The van der Waals surface area contributed by atoms with E-state index in [1.165, 1.54) is 5.56 Å². The first kappa shape index (κ1) is 13.1. The summed E-state index contributed by atoms with van der Waals surface area (Å²) < 4.78 is 7.56. The van der Waals surface area contributed by atoms with Crippen LogP contribution in [-0.4, -0.2) is 21.4 Å². The van der Waals surface area contributed by atoms with Gasteiger partial charge in [0, 0.05) is 30.7 Å². The standard InChI is InChI=1S/C13H16BrN3O/c1-10-3-4-13(12(7-14)16-10)18-6-5-11-8-15-17(2)9-11/h3-4,8-9H,5-7H2,1-2H3. The van der Waals surface area contributed by atoms with Crippen LogP contribution < -0.4 is 4.74 Å². The highest BCUT2D eigenvalue weighted by molar-refractivity contribution is 9.08. The Balaban J connectivity index is 1.94. The lowest BCUT2D eigenvalue weighted by Gasteiger charge is -2.09. The highest BCUT2D eigenvalue weighted by atomic mass is 79.9. The van der Waals surface area contributed by atoms with E-state index in [2.05, 4.69) is 26.0 Å². The number of aromatic nitrogens is 3. The Morgan fingerprint density at radius 3 is 2.89 bits per heavy atom. The first-order valence-corrected chi connectivity index (χ1v) is 6.94. The molecule has 2 aromatic heterocycles. The van der Waals surface area contributed by atoms with Crippen LogP contribution in [0.15, 0.2) is 24.5 Å². The summed E-state index contributed by atoms with van der Waals surface area (Å²) in [6, 6.07) is 3.94. The predicted octanol–water partition coefficient (Wildman–Crippen LogP) is 2.64. The molecule has 0 aliphatic carbocycles. The van der Waals surface area contributed by atoms with Crippen molar-refractivity contribution in [2.45, 2.75) is 18.7 Å². The summed E-state index contributed by atoms with van der Waals surface area (Å²) in [6.45, 7) is 2.61. The van der Waals surface area contributed by atoms with Crippen molar-refractivity contribution in [2.75, 3.05) is 6.61 Å². The molecule has 96 valence electrons. The molecule has 0 aliphatic heterocycles. The Morgan fingerprint density at radius 1 is 1.39 bits per heavy atom. The third kappa shape index (κ3) is 3.32. The van der Waals surface area contributed by atoms with Gasteiger partial charge in [-0.25, -0.2) is 0 Å². The number of pyridine rings is 1. The largest absolute Gasteiger partial charge is 0.491 e. The van der Waals surface area contributed by atoms with Crippen LogP contribution in [0.5, 0.6) is 5.75 Å². The van der Waals surface area contributed by atoms with Gasteiger partial charge in [0.2, 0.25) is 0 Å². The second-order valence-corrected chi connectivity index (χ2v) is 4.71. The van der Waals surface area contributed by atoms with Gasteiger partial charge in [0.25, 0.3) is 0 Å². The van der Waals surface area contributed by atoms with Gasteiger partial charge in [-0.15, -0.1) is 0 Å². The van der Waals surface area contributed by atoms with E-state index in [9.17, 15) is 0 Å². The van der Waals surface area contributed by atoms with E-state index < -0.39 is 0 Å². The molecule has 2 heterocycles. The van der Waals surface area contributed by atoms with Crippen molar-refractivity contribution in [2.24, 2.45) is 7.05 Å². The molecule has 0 amide bonds. The molecule has 0 atom stereocenters. The Morgan fingerprint density at radius 2 is 2.22 bits per heavy atom. The average Bonchev–Trinajstić information content (AvgIpc) is 2.77. The van der Waals surface area contributed by atoms with Gasteiger partial charge >= 0.3 is 0 Å². The third-order valence-electron chi connectivity index (χ3n) is 2.60. The van der Waals surface area contributed by atoms with Crippen LogP contribution >= 0.6 is 15.9 Å². The van der Waals surface area contributed by atoms with E-state index in [-0.39, 0.29) is 0 Å². The van der Waals surface area contributed by atoms with Crippen molar-refractivity contribution in [3.63, 3.8) is 0 Å². The van der Waals surface area contributed by atoms with Crippen molar-refractivity contribution in [3.05, 3.63) is 41.5 Å². The van der Waals surface area contributed by atoms with Gasteiger partial charge in [-0.3, -0.25) is 9.67 Å². The van der Waals surface area contributed by atoms with E-state index in [0.717, 1.165) is 23.6 Å². The number of ether oxygens (including phenoxy) is 1. The van der Waals surface area contributed by atoms with Crippen LogP contribution in [0.25, 0.3) is 0 Å². The molecule has 0 unspecified atom stereocenters. The van der Waals surface area contributed by atoms with E-state index >= 15 is 0 Å². The Bertz CT molecular complexity index is 525. The third-order valence-corrected chi connectivity index (χ3v) is 3.14. The van der Waals surface area contributed by atoms with Gasteiger partial charge in [0.1, 0.15) is 5.75 Å². The summed E-state index contributed by atoms with van der Waals surface area (Å²) in [7, 11) is 1.91. The summed E-state index contributed by atoms with van der Waals surface area (Å²) in [6.07, 6.45) is 4.72. The maximum Gasteiger partial charge on any atom is 0.141 e. The number of hydrogen-bond acceptors (Lipinski definition) is 3. The van der Waals surface area contributed by atoms with Gasteiger partial charge in [-0.05, 0) is 24.6 Å². The lowest BCUT2D eigenvalue weighted by atomic mass is 10.2. The van der Waals surface area contributed by atoms with Crippen LogP contribution in [0, 0.1) is 6.92 Å². The lowest BCUT2D eigenvalue weighted by molar-refractivity contribution is 0.318. The highest BCUT2D eigenvalue weighted by Gasteiger charge is 2.05. The fraction of sp³-hybridized carbons (Fsp3) is 0.385. The van der Waals surface area contributed by atoms with Gasteiger partial charge in [-0.2, -0.15) is 5.10 Å². The van der Waals surface area contributed by atoms with E-state index in [4.69, 9.17) is 4.74 Å². The topological polar surface area (TPSA) is 39.9 Å². The number of aryl methyl sites for hydroxylation is 2. The minimum absolute atomic E-state index is 0.635. The Hall–Kier alpha value is -1.36. The van der Waals surface area contributed by atoms with Crippen molar-refractivity contribution in [1.29, 1.82) is 0 Å². The minimum Gasteiger partial charge on any atom is -0.491 e. The maximum atomic E-state index is 5.77. The zero-order valence-corrected chi connectivity index (χ0v) is 12.1. The summed E-state index contributed by atoms with van der Waals surface area (Å²) in [4.78, 5) is 4.43. The zero-order valence-electron chi connectivity index (χ0n) is 10.6. The van der Waals surface area contributed by atoms with Crippen molar-refractivity contribution in [1.82, 2.24) is 14.8 Å². The van der Waals surface area contributed by atoms with E-state index in [1.807, 2.05) is 38.5 Å². The molecule has 0 fully saturated rings. The van der Waals surface area contributed by atoms with Crippen LogP contribution in [0.1, 0.15) is 17.0 Å². The van der Waals surface area contributed by atoms with Crippen LogP contribution in [0.4, 0.5) is 0 Å². The molecule has 0 bridgehead atoms. The molecule has 0 aromatic carbocycles. The molecule has 2 aromatic rings. The van der Waals surface area contributed by atoms with Gasteiger partial charge < -0.3 is 4.74 Å². The normalized spacial score (nSPS) is 10.6. The number of halogens is 1. The number of rotatable bonds is 5. The van der Waals surface area contributed by atoms with Crippen molar-refractivity contribution in [3.8, 4) is 5.75 Å². The quantitative estimate of drug-likeness (QED) is 0.797. The minimum atomic E-state index is 0.635. The van der Waals surface area contributed by atoms with Crippen molar-refractivity contribution < 1.29 is 4.74 Å². The zero-order chi connectivity index (χ0) is 13.0. The monoisotopic (exact) mass is 309 g/mol. The highest BCUT2D eigenvalue weighted by Crippen LogP contribution is 2.19. The first-order chi connectivity index (χ1) is 8.69. The van der Waals surface area contributed by atoms with Gasteiger partial charge in [-0.1, -0.05) is 15.9 Å². The second-order valence-electron chi connectivity index (χ2n) is 4.15. The van der Waals surface area contributed by atoms with E-state index in [1.54, 1.807) is 4.68 Å².